The highest BCUT2D eigenvalue weighted by Gasteiger charge is 2.22. The van der Waals surface area contributed by atoms with Crippen molar-refractivity contribution in [2.45, 2.75) is 26.9 Å². The molecule has 0 fully saturated rings. The lowest BCUT2D eigenvalue weighted by atomic mass is 9.92. The monoisotopic (exact) mass is 440 g/mol. The van der Waals surface area contributed by atoms with E-state index in [0.717, 1.165) is 25.3 Å². The fraction of sp³-hybridized carbons (Fsp3) is 0.138. The van der Waals surface area contributed by atoms with Gasteiger partial charge in [0, 0.05) is 5.56 Å². The van der Waals surface area contributed by atoms with Crippen molar-refractivity contribution in [1.29, 1.82) is 0 Å². The zero-order valence-electron chi connectivity index (χ0n) is 18.7. The molecule has 0 spiro atoms. The van der Waals surface area contributed by atoms with E-state index in [1.165, 1.54) is 10.6 Å². The van der Waals surface area contributed by atoms with E-state index < -0.39 is 6.10 Å². The fourth-order valence-corrected chi connectivity index (χ4v) is 4.75. The highest BCUT2D eigenvalue weighted by molar-refractivity contribution is 7.55. The van der Waals surface area contributed by atoms with Crippen molar-refractivity contribution in [1.82, 2.24) is 0 Å². The maximum atomic E-state index is 12.4. The van der Waals surface area contributed by atoms with Gasteiger partial charge in [0.15, 0.2) is 5.78 Å². The average Bonchev–Trinajstić information content (AvgIpc) is 2.80. The minimum Gasteiger partial charge on any atom is -0.380 e. The minimum atomic E-state index is -1.10. The van der Waals surface area contributed by atoms with Crippen LogP contribution in [-0.4, -0.2) is 10.9 Å². The zero-order chi connectivity index (χ0) is 22.9. The van der Waals surface area contributed by atoms with E-state index in [9.17, 15) is 9.90 Å². The first kappa shape index (κ1) is 23.6. The van der Waals surface area contributed by atoms with Crippen LogP contribution in [0.25, 0.3) is 0 Å². The van der Waals surface area contributed by atoms with E-state index in [0.29, 0.717) is 11.1 Å². The zero-order valence-corrected chi connectivity index (χ0v) is 19.7. The Morgan fingerprint density at radius 2 is 1.09 bits per heavy atom. The summed E-state index contributed by atoms with van der Waals surface area (Å²) in [5.74, 6) is -0.235. The van der Waals surface area contributed by atoms with Crippen LogP contribution in [0, 0.1) is 20.8 Å². The van der Waals surface area contributed by atoms with E-state index in [2.05, 4.69) is 60.7 Å². The molecule has 3 heteroatoms. The molecular formula is C29H29O2P. The van der Waals surface area contributed by atoms with Crippen LogP contribution in [0.4, 0.5) is 0 Å². The van der Waals surface area contributed by atoms with Gasteiger partial charge in [0.1, 0.15) is 6.10 Å². The number of ketones is 1. The molecule has 2 nitrogen and oxygen atoms in total. The summed E-state index contributed by atoms with van der Waals surface area (Å²) in [5, 5.41) is 13.0. The Morgan fingerprint density at radius 1 is 0.688 bits per heavy atom. The molecule has 4 aromatic carbocycles. The Morgan fingerprint density at radius 3 is 1.53 bits per heavy atom. The summed E-state index contributed by atoms with van der Waals surface area (Å²) in [6.07, 6.45) is -1.10. The molecule has 0 aromatic heterocycles. The molecule has 1 unspecified atom stereocenters. The molecule has 162 valence electrons. The van der Waals surface area contributed by atoms with Crippen LogP contribution in [0.5, 0.6) is 0 Å². The lowest BCUT2D eigenvalue weighted by molar-refractivity contribution is 0.0746. The third kappa shape index (κ3) is 6.47. The van der Waals surface area contributed by atoms with Crippen molar-refractivity contribution in [2.75, 3.05) is 0 Å². The van der Waals surface area contributed by atoms with Gasteiger partial charge in [-0.05, 0) is 48.1 Å². The minimum absolute atomic E-state index is 0.235. The van der Waals surface area contributed by atoms with E-state index in [1.807, 2.05) is 51.1 Å². The molecule has 4 aromatic rings. The van der Waals surface area contributed by atoms with Gasteiger partial charge < -0.3 is 5.11 Å². The van der Waals surface area contributed by atoms with Gasteiger partial charge in [-0.15, -0.1) is 0 Å². The van der Waals surface area contributed by atoms with Crippen LogP contribution in [0.3, 0.4) is 0 Å². The molecule has 0 amide bonds. The molecule has 0 bridgehead atoms. The van der Waals surface area contributed by atoms with Gasteiger partial charge in [0.05, 0.1) is 0 Å². The fourth-order valence-electron chi connectivity index (χ4n) is 3.70. The summed E-state index contributed by atoms with van der Waals surface area (Å²) in [5.41, 5.74) is 4.21. The highest BCUT2D eigenvalue weighted by Crippen LogP contribution is 2.24. The molecule has 1 N–H and O–H groups in total. The standard InChI is InChI=1S/C17H18O2.C12H11P/c1-11-9-12(2)15(13(3)10-11)17(19)16(18)14-7-5-4-6-8-14;1-3-7-11(8-4-1)13-12-9-5-2-6-10-12/h4-10,16,18H,1-3H3;1-10,13H. The van der Waals surface area contributed by atoms with Gasteiger partial charge in [-0.3, -0.25) is 4.79 Å². The molecule has 32 heavy (non-hydrogen) atoms. The summed E-state index contributed by atoms with van der Waals surface area (Å²) < 4.78 is 0. The summed E-state index contributed by atoms with van der Waals surface area (Å²) in [6, 6.07) is 34.1. The van der Waals surface area contributed by atoms with Crippen molar-refractivity contribution in [3.05, 3.63) is 131 Å². The van der Waals surface area contributed by atoms with Gasteiger partial charge in [0.2, 0.25) is 0 Å². The number of carbonyl (C=O) groups excluding carboxylic acids is 1. The Labute approximate surface area is 192 Å². The second-order valence-corrected chi connectivity index (χ2v) is 9.21. The number of benzene rings is 4. The molecule has 0 radical (unpaired) electrons. The lowest BCUT2D eigenvalue weighted by Gasteiger charge is -2.14. The lowest BCUT2D eigenvalue weighted by Crippen LogP contribution is -2.15. The topological polar surface area (TPSA) is 37.3 Å². The molecule has 0 aliphatic heterocycles. The highest BCUT2D eigenvalue weighted by atomic mass is 31.1. The van der Waals surface area contributed by atoms with Gasteiger partial charge >= 0.3 is 0 Å². The number of hydrogen-bond donors (Lipinski definition) is 1. The Bertz CT molecular complexity index is 1080. The second kappa shape index (κ2) is 11.5. The summed E-state index contributed by atoms with van der Waals surface area (Å²) in [4.78, 5) is 12.4. The summed E-state index contributed by atoms with van der Waals surface area (Å²) >= 11 is 0. The number of aliphatic hydroxyl groups excluding tert-OH is 1. The van der Waals surface area contributed by atoms with Crippen LogP contribution in [0.1, 0.15) is 38.7 Å². The molecule has 4 rings (SSSR count). The Balaban J connectivity index is 0.000000193. The normalized spacial score (nSPS) is 11.2. The van der Waals surface area contributed by atoms with E-state index in [-0.39, 0.29) is 5.78 Å². The van der Waals surface area contributed by atoms with Crippen LogP contribution >= 0.6 is 8.58 Å². The Kier molecular flexibility index (Phi) is 8.50. The molecule has 0 saturated heterocycles. The van der Waals surface area contributed by atoms with E-state index in [4.69, 9.17) is 0 Å². The molecule has 0 aliphatic carbocycles. The number of carbonyl (C=O) groups is 1. The molecule has 1 atom stereocenters. The number of rotatable bonds is 5. The van der Waals surface area contributed by atoms with Crippen molar-refractivity contribution in [2.24, 2.45) is 0 Å². The quantitative estimate of drug-likeness (QED) is 0.313. The number of Topliss-reactive ketones (excluding diaryl/α,β-unsaturated/α-hetero) is 1. The predicted octanol–water partition coefficient (Wildman–Crippen LogP) is 5.84. The van der Waals surface area contributed by atoms with Crippen molar-refractivity contribution < 1.29 is 9.90 Å². The molecule has 0 aliphatic rings. The first-order valence-corrected chi connectivity index (χ1v) is 11.7. The smallest absolute Gasteiger partial charge is 0.196 e. The molecule has 0 saturated carbocycles. The SMILES string of the molecule is Cc1cc(C)c(C(=O)C(O)c2ccccc2)c(C)c1.c1ccc(Pc2ccccc2)cc1. The first-order valence-electron chi connectivity index (χ1n) is 10.7. The Hall–Kier alpha value is -3.06. The van der Waals surface area contributed by atoms with Crippen molar-refractivity contribution in [3.8, 4) is 0 Å². The predicted molar refractivity (Wildman–Crippen MR) is 137 cm³/mol. The second-order valence-electron chi connectivity index (χ2n) is 7.81. The van der Waals surface area contributed by atoms with Gasteiger partial charge in [-0.2, -0.15) is 0 Å². The van der Waals surface area contributed by atoms with Crippen molar-refractivity contribution in [3.63, 3.8) is 0 Å². The summed E-state index contributed by atoms with van der Waals surface area (Å²) in [7, 11) is 0.777. The van der Waals surface area contributed by atoms with Gasteiger partial charge in [0.25, 0.3) is 0 Å². The third-order valence-electron chi connectivity index (χ3n) is 5.12. The van der Waals surface area contributed by atoms with Crippen molar-refractivity contribution >= 4 is 25.0 Å². The largest absolute Gasteiger partial charge is 0.380 e. The van der Waals surface area contributed by atoms with Gasteiger partial charge in [-0.25, -0.2) is 0 Å². The van der Waals surface area contributed by atoms with Gasteiger partial charge in [-0.1, -0.05) is 117 Å². The number of aryl methyl sites for hydroxylation is 3. The maximum Gasteiger partial charge on any atom is 0.196 e. The number of hydrogen-bond acceptors (Lipinski definition) is 2. The first-order chi connectivity index (χ1) is 15.5. The van der Waals surface area contributed by atoms with Crippen LogP contribution < -0.4 is 10.6 Å². The molecular weight excluding hydrogens is 411 g/mol. The average molecular weight is 441 g/mol. The van der Waals surface area contributed by atoms with Crippen LogP contribution in [0.15, 0.2) is 103 Å². The number of aliphatic hydroxyl groups is 1. The van der Waals surface area contributed by atoms with E-state index in [1.54, 1.807) is 12.1 Å². The summed E-state index contributed by atoms with van der Waals surface area (Å²) in [6.45, 7) is 5.82. The van der Waals surface area contributed by atoms with E-state index >= 15 is 0 Å². The van der Waals surface area contributed by atoms with Crippen LogP contribution in [0.2, 0.25) is 0 Å². The van der Waals surface area contributed by atoms with Crippen LogP contribution in [-0.2, 0) is 0 Å². The third-order valence-corrected chi connectivity index (χ3v) is 6.37. The molecule has 0 heterocycles. The maximum absolute atomic E-state index is 12.4.